The Bertz CT molecular complexity index is 784. The zero-order chi connectivity index (χ0) is 17.8. The molecule has 1 aromatic carbocycles. The number of fused-ring (bicyclic) bond motifs is 2. The molecule has 7 nitrogen and oxygen atoms in total. The van der Waals surface area contributed by atoms with Gasteiger partial charge in [-0.05, 0) is 25.0 Å². The monoisotopic (exact) mass is 342 g/mol. The highest BCUT2D eigenvalue weighted by molar-refractivity contribution is 5.98. The van der Waals surface area contributed by atoms with E-state index in [-0.39, 0.29) is 11.9 Å². The van der Waals surface area contributed by atoms with Gasteiger partial charge in [0.05, 0.1) is 31.2 Å². The summed E-state index contributed by atoms with van der Waals surface area (Å²) in [4.78, 5) is 25.8. The number of methoxy groups -OCH3 is 1. The normalized spacial score (nSPS) is 12.6. The highest BCUT2D eigenvalue weighted by atomic mass is 16.5. The van der Waals surface area contributed by atoms with Crippen molar-refractivity contribution in [3.8, 4) is 0 Å². The second kappa shape index (κ2) is 7.38. The maximum atomic E-state index is 12.8. The molecule has 0 aliphatic carbocycles. The average Bonchev–Trinajstić information content (AvgIpc) is 2.87. The first kappa shape index (κ1) is 17.0. The number of nitrogens with one attached hydrogen (secondary N) is 1. The summed E-state index contributed by atoms with van der Waals surface area (Å²) in [5.41, 5.74) is 2.71. The lowest BCUT2D eigenvalue weighted by Gasteiger charge is -2.22. The molecule has 2 aromatic rings. The lowest BCUT2D eigenvalue weighted by atomic mass is 10.1. The predicted octanol–water partition coefficient (Wildman–Crippen LogP) is 2.74. The number of unbranched alkanes of at least 4 members (excludes halogenated alkanes) is 1. The third kappa shape index (κ3) is 3.65. The van der Waals surface area contributed by atoms with Crippen LogP contribution in [0.5, 0.6) is 0 Å². The van der Waals surface area contributed by atoms with E-state index in [4.69, 9.17) is 0 Å². The van der Waals surface area contributed by atoms with Gasteiger partial charge in [0.1, 0.15) is 5.82 Å². The molecule has 2 heterocycles. The molecule has 0 bridgehead atoms. The first-order valence-electron chi connectivity index (χ1n) is 8.34. The SMILES string of the molecule is COC(=O)CCCCC(=O)N1Cc2cnn(C)c2Nc2ccccc21. The number of carbonyl (C=O) groups excluding carboxylic acids is 2. The third-order valence-electron chi connectivity index (χ3n) is 4.34. The van der Waals surface area contributed by atoms with Gasteiger partial charge in [-0.2, -0.15) is 5.10 Å². The number of hydrogen-bond donors (Lipinski definition) is 1. The van der Waals surface area contributed by atoms with Crippen LogP contribution >= 0.6 is 0 Å². The number of carbonyl (C=O) groups is 2. The van der Waals surface area contributed by atoms with Crippen LogP contribution in [0.25, 0.3) is 0 Å². The molecule has 1 aliphatic heterocycles. The number of hydrogen-bond acceptors (Lipinski definition) is 5. The van der Waals surface area contributed by atoms with Gasteiger partial charge in [0, 0.05) is 25.5 Å². The number of aromatic nitrogens is 2. The minimum atomic E-state index is -0.239. The van der Waals surface area contributed by atoms with Gasteiger partial charge in [0.15, 0.2) is 0 Å². The van der Waals surface area contributed by atoms with E-state index in [2.05, 4.69) is 15.2 Å². The van der Waals surface area contributed by atoms with Crippen molar-refractivity contribution in [2.75, 3.05) is 17.3 Å². The largest absolute Gasteiger partial charge is 0.469 e. The summed E-state index contributed by atoms with van der Waals surface area (Å²) in [7, 11) is 3.25. The topological polar surface area (TPSA) is 76.5 Å². The van der Waals surface area contributed by atoms with Gasteiger partial charge in [-0.3, -0.25) is 14.3 Å². The molecule has 1 N–H and O–H groups in total. The van der Waals surface area contributed by atoms with Crippen molar-refractivity contribution < 1.29 is 14.3 Å². The number of aryl methyl sites for hydroxylation is 1. The lowest BCUT2D eigenvalue weighted by molar-refractivity contribution is -0.140. The summed E-state index contributed by atoms with van der Waals surface area (Å²) in [5.74, 6) is 0.695. The minimum absolute atomic E-state index is 0.0378. The Morgan fingerprint density at radius 2 is 2.00 bits per heavy atom. The van der Waals surface area contributed by atoms with E-state index in [0.717, 1.165) is 22.8 Å². The average molecular weight is 342 g/mol. The molecule has 0 fully saturated rings. The fourth-order valence-electron chi connectivity index (χ4n) is 2.96. The molecular weight excluding hydrogens is 320 g/mol. The number of anilines is 3. The Labute approximate surface area is 146 Å². The molecule has 25 heavy (non-hydrogen) atoms. The van der Waals surface area contributed by atoms with Gasteiger partial charge in [-0.1, -0.05) is 12.1 Å². The molecule has 132 valence electrons. The Hall–Kier alpha value is -2.83. The zero-order valence-electron chi connectivity index (χ0n) is 14.5. The highest BCUT2D eigenvalue weighted by Crippen LogP contribution is 2.35. The number of nitrogens with zero attached hydrogens (tertiary/aromatic N) is 3. The molecule has 0 unspecified atom stereocenters. The van der Waals surface area contributed by atoms with E-state index < -0.39 is 0 Å². The van der Waals surface area contributed by atoms with Gasteiger partial charge < -0.3 is 15.0 Å². The van der Waals surface area contributed by atoms with E-state index >= 15 is 0 Å². The lowest BCUT2D eigenvalue weighted by Crippen LogP contribution is -2.29. The van der Waals surface area contributed by atoms with Gasteiger partial charge in [0.2, 0.25) is 5.91 Å². The van der Waals surface area contributed by atoms with Crippen LogP contribution in [0.3, 0.4) is 0 Å². The molecule has 1 aliphatic rings. The number of esters is 1. The first-order valence-corrected chi connectivity index (χ1v) is 8.34. The molecule has 7 heteroatoms. The summed E-state index contributed by atoms with van der Waals surface area (Å²) in [6.45, 7) is 0.475. The molecule has 0 saturated carbocycles. The maximum absolute atomic E-state index is 12.8. The number of para-hydroxylation sites is 2. The summed E-state index contributed by atoms with van der Waals surface area (Å²) < 4.78 is 6.40. The van der Waals surface area contributed by atoms with Crippen LogP contribution < -0.4 is 10.2 Å². The fourth-order valence-corrected chi connectivity index (χ4v) is 2.96. The standard InChI is InChI=1S/C18H22N4O3/c1-21-18-13(11-19-21)12-22(15-8-4-3-7-14(15)20-18)16(23)9-5-6-10-17(24)25-2/h3-4,7-8,11,20H,5-6,9-10,12H2,1-2H3. The van der Waals surface area contributed by atoms with Gasteiger partial charge >= 0.3 is 5.97 Å². The zero-order valence-corrected chi connectivity index (χ0v) is 14.5. The van der Waals surface area contributed by atoms with E-state index in [1.165, 1.54) is 7.11 Å². The van der Waals surface area contributed by atoms with Crippen LogP contribution in [0.1, 0.15) is 31.2 Å². The molecule has 3 rings (SSSR count). The fraction of sp³-hybridized carbons (Fsp3) is 0.389. The molecule has 0 saturated heterocycles. The Kier molecular flexibility index (Phi) is 5.02. The van der Waals surface area contributed by atoms with E-state index in [1.807, 2.05) is 31.3 Å². The van der Waals surface area contributed by atoms with Crippen LogP contribution in [0.2, 0.25) is 0 Å². The second-order valence-electron chi connectivity index (χ2n) is 6.05. The summed E-state index contributed by atoms with van der Waals surface area (Å²) in [5, 5.41) is 7.65. The van der Waals surface area contributed by atoms with Crippen LogP contribution in [0.4, 0.5) is 17.2 Å². The number of benzene rings is 1. The van der Waals surface area contributed by atoms with Gasteiger partial charge in [0.25, 0.3) is 0 Å². The van der Waals surface area contributed by atoms with Crippen molar-refractivity contribution >= 4 is 29.1 Å². The molecular formula is C18H22N4O3. The van der Waals surface area contributed by atoms with Crippen molar-refractivity contribution in [1.29, 1.82) is 0 Å². The smallest absolute Gasteiger partial charge is 0.305 e. The molecule has 0 spiro atoms. The molecule has 0 atom stereocenters. The number of amides is 1. The van der Waals surface area contributed by atoms with Crippen molar-refractivity contribution in [1.82, 2.24) is 9.78 Å². The molecule has 0 radical (unpaired) electrons. The van der Waals surface area contributed by atoms with Crippen LogP contribution in [0, 0.1) is 0 Å². The summed E-state index contributed by atoms with van der Waals surface area (Å²) in [6.07, 6.45) is 3.81. The van der Waals surface area contributed by atoms with E-state index in [9.17, 15) is 9.59 Å². The maximum Gasteiger partial charge on any atom is 0.305 e. The van der Waals surface area contributed by atoms with Crippen LogP contribution in [0.15, 0.2) is 30.5 Å². The Morgan fingerprint density at radius 3 is 2.80 bits per heavy atom. The Balaban J connectivity index is 1.75. The van der Waals surface area contributed by atoms with Crippen LogP contribution in [-0.4, -0.2) is 28.8 Å². The summed E-state index contributed by atoms with van der Waals surface area (Å²) >= 11 is 0. The molecule has 1 amide bonds. The van der Waals surface area contributed by atoms with Crippen molar-refractivity contribution in [3.63, 3.8) is 0 Å². The number of rotatable bonds is 5. The third-order valence-corrected chi connectivity index (χ3v) is 4.34. The Morgan fingerprint density at radius 1 is 1.24 bits per heavy atom. The van der Waals surface area contributed by atoms with Crippen molar-refractivity contribution in [3.05, 3.63) is 36.0 Å². The van der Waals surface area contributed by atoms with E-state index in [0.29, 0.717) is 32.2 Å². The van der Waals surface area contributed by atoms with Gasteiger partial charge in [-0.25, -0.2) is 0 Å². The molecule has 1 aromatic heterocycles. The minimum Gasteiger partial charge on any atom is -0.469 e. The second-order valence-corrected chi connectivity index (χ2v) is 6.05. The van der Waals surface area contributed by atoms with Gasteiger partial charge in [-0.15, -0.1) is 0 Å². The number of ether oxygens (including phenoxy) is 1. The van der Waals surface area contributed by atoms with Crippen molar-refractivity contribution in [2.45, 2.75) is 32.2 Å². The van der Waals surface area contributed by atoms with E-state index in [1.54, 1.807) is 15.8 Å². The predicted molar refractivity (Wildman–Crippen MR) is 94.6 cm³/mol. The van der Waals surface area contributed by atoms with Crippen LogP contribution in [-0.2, 0) is 27.9 Å². The van der Waals surface area contributed by atoms with Crippen molar-refractivity contribution in [2.24, 2.45) is 7.05 Å². The first-order chi connectivity index (χ1) is 12.1. The summed E-state index contributed by atoms with van der Waals surface area (Å²) in [6, 6.07) is 7.75. The highest BCUT2D eigenvalue weighted by Gasteiger charge is 2.25. The quantitative estimate of drug-likeness (QED) is 0.668.